The van der Waals surface area contributed by atoms with Gasteiger partial charge < -0.3 is 16.4 Å². The third-order valence-electron chi connectivity index (χ3n) is 2.21. The maximum absolute atomic E-state index is 11.4. The third-order valence-corrected chi connectivity index (χ3v) is 2.21. The maximum Gasteiger partial charge on any atom is 0.318 e. The van der Waals surface area contributed by atoms with Crippen LogP contribution in [0.15, 0.2) is 24.3 Å². The quantitative estimate of drug-likeness (QED) is 0.654. The summed E-state index contributed by atoms with van der Waals surface area (Å²) >= 11 is 0. The number of hydrogen-bond acceptors (Lipinski definition) is 4. The van der Waals surface area contributed by atoms with Crippen molar-refractivity contribution in [3.05, 3.63) is 24.3 Å². The zero-order valence-electron chi connectivity index (χ0n) is 9.64. The number of nitrogens with two attached hydrogens (primary N) is 2. The Hall–Kier alpha value is -2.24. The first-order valence-corrected chi connectivity index (χ1v) is 5.22. The summed E-state index contributed by atoms with van der Waals surface area (Å²) in [6.45, 7) is 2.58. The number of nitrogens with one attached hydrogen (secondary N) is 1. The molecule has 0 heterocycles. The van der Waals surface area contributed by atoms with E-state index >= 15 is 0 Å². The van der Waals surface area contributed by atoms with Gasteiger partial charge in [0.05, 0.1) is 6.54 Å². The lowest BCUT2D eigenvalue weighted by Crippen LogP contribution is -2.42. The number of carbonyl (C=O) groups is 2. The normalized spacial score (nSPS) is 9.71. The van der Waals surface area contributed by atoms with Crippen molar-refractivity contribution in [2.24, 2.45) is 5.73 Å². The van der Waals surface area contributed by atoms with Crippen LogP contribution in [0.1, 0.15) is 6.92 Å². The van der Waals surface area contributed by atoms with Crippen molar-refractivity contribution in [1.82, 2.24) is 5.32 Å². The van der Waals surface area contributed by atoms with Gasteiger partial charge in [-0.2, -0.15) is 0 Å². The van der Waals surface area contributed by atoms with Crippen LogP contribution in [-0.2, 0) is 4.79 Å². The van der Waals surface area contributed by atoms with Crippen LogP contribution in [0.2, 0.25) is 0 Å². The minimum absolute atomic E-state index is 0.0584. The summed E-state index contributed by atoms with van der Waals surface area (Å²) in [6, 6.07) is 6.33. The zero-order chi connectivity index (χ0) is 12.8. The number of amides is 3. The molecule has 0 fully saturated rings. The van der Waals surface area contributed by atoms with Crippen molar-refractivity contribution < 1.29 is 9.59 Å². The second-order valence-electron chi connectivity index (χ2n) is 3.52. The van der Waals surface area contributed by atoms with Gasteiger partial charge in [-0.3, -0.25) is 10.1 Å². The average Bonchev–Trinajstić information content (AvgIpc) is 2.24. The van der Waals surface area contributed by atoms with Crippen molar-refractivity contribution in [3.63, 3.8) is 0 Å². The Bertz CT molecular complexity index is 420. The predicted octanol–water partition coefficient (Wildman–Crippen LogP) is 0.290. The summed E-state index contributed by atoms with van der Waals surface area (Å²) in [5.74, 6) is -0.443. The van der Waals surface area contributed by atoms with Gasteiger partial charge in [0, 0.05) is 17.9 Å². The number of anilines is 2. The molecule has 0 aromatic heterocycles. The molecule has 0 radical (unpaired) electrons. The van der Waals surface area contributed by atoms with E-state index in [1.807, 2.05) is 18.3 Å². The van der Waals surface area contributed by atoms with E-state index in [4.69, 9.17) is 11.5 Å². The number of rotatable bonds is 4. The van der Waals surface area contributed by atoms with Gasteiger partial charge in [0.25, 0.3) is 0 Å². The number of carbonyl (C=O) groups excluding carboxylic acids is 2. The van der Waals surface area contributed by atoms with E-state index in [1.165, 1.54) is 0 Å². The summed E-state index contributed by atoms with van der Waals surface area (Å²) in [7, 11) is 0. The molecule has 0 unspecified atom stereocenters. The molecule has 17 heavy (non-hydrogen) atoms. The molecule has 92 valence electrons. The van der Waals surface area contributed by atoms with Crippen LogP contribution in [0.5, 0.6) is 0 Å². The van der Waals surface area contributed by atoms with Gasteiger partial charge in [0.15, 0.2) is 0 Å². The lowest BCUT2D eigenvalue weighted by atomic mass is 10.2. The first-order valence-electron chi connectivity index (χ1n) is 5.22. The fourth-order valence-electron chi connectivity index (χ4n) is 1.46. The first kappa shape index (κ1) is 12.8. The number of urea groups is 1. The second kappa shape index (κ2) is 5.74. The van der Waals surface area contributed by atoms with Crippen LogP contribution in [-0.4, -0.2) is 25.0 Å². The van der Waals surface area contributed by atoms with E-state index < -0.39 is 11.9 Å². The van der Waals surface area contributed by atoms with Crippen LogP contribution in [0.25, 0.3) is 0 Å². The fraction of sp³-hybridized carbons (Fsp3) is 0.273. The van der Waals surface area contributed by atoms with Crippen molar-refractivity contribution in [3.8, 4) is 0 Å². The largest absolute Gasteiger partial charge is 0.399 e. The minimum atomic E-state index is -0.848. The molecule has 0 bridgehead atoms. The van der Waals surface area contributed by atoms with E-state index in [0.717, 1.165) is 5.69 Å². The van der Waals surface area contributed by atoms with E-state index in [1.54, 1.807) is 23.1 Å². The zero-order valence-corrected chi connectivity index (χ0v) is 9.64. The smallest absolute Gasteiger partial charge is 0.318 e. The van der Waals surface area contributed by atoms with Crippen LogP contribution in [0, 0.1) is 0 Å². The van der Waals surface area contributed by atoms with Gasteiger partial charge in [0.2, 0.25) is 5.91 Å². The van der Waals surface area contributed by atoms with Crippen LogP contribution in [0.4, 0.5) is 16.2 Å². The Labute approximate surface area is 99.6 Å². The van der Waals surface area contributed by atoms with Gasteiger partial charge in [0.1, 0.15) is 0 Å². The Balaban J connectivity index is 2.72. The average molecular weight is 236 g/mol. The van der Waals surface area contributed by atoms with E-state index in [9.17, 15) is 9.59 Å². The number of imide groups is 1. The topological polar surface area (TPSA) is 101 Å². The van der Waals surface area contributed by atoms with Gasteiger partial charge in [-0.25, -0.2) is 4.79 Å². The van der Waals surface area contributed by atoms with Crippen LogP contribution in [0.3, 0.4) is 0 Å². The SMILES string of the molecule is CCN(CC(=O)NC(N)=O)c1cccc(N)c1. The molecule has 1 rings (SSSR count). The molecule has 5 N–H and O–H groups in total. The highest BCUT2D eigenvalue weighted by molar-refractivity contribution is 5.95. The highest BCUT2D eigenvalue weighted by Crippen LogP contribution is 2.16. The van der Waals surface area contributed by atoms with Crippen molar-refractivity contribution in [2.45, 2.75) is 6.92 Å². The molecule has 0 aliphatic heterocycles. The first-order chi connectivity index (χ1) is 8.02. The number of nitrogens with zero attached hydrogens (tertiary/aromatic N) is 1. The molecule has 0 saturated carbocycles. The highest BCUT2D eigenvalue weighted by Gasteiger charge is 2.11. The fourth-order valence-corrected chi connectivity index (χ4v) is 1.46. The number of benzene rings is 1. The lowest BCUT2D eigenvalue weighted by Gasteiger charge is -2.22. The third kappa shape index (κ3) is 4.02. The Morgan fingerprint density at radius 3 is 2.65 bits per heavy atom. The molecule has 0 atom stereocenters. The number of hydrogen-bond donors (Lipinski definition) is 3. The summed E-state index contributed by atoms with van der Waals surface area (Å²) in [5, 5.41) is 2.02. The summed E-state index contributed by atoms with van der Waals surface area (Å²) in [6.07, 6.45) is 0. The van der Waals surface area contributed by atoms with E-state index in [2.05, 4.69) is 0 Å². The van der Waals surface area contributed by atoms with E-state index in [0.29, 0.717) is 12.2 Å². The Kier molecular flexibility index (Phi) is 4.33. The molecular formula is C11H16N4O2. The molecular weight excluding hydrogens is 220 g/mol. The number of nitrogen functional groups attached to an aromatic ring is 1. The van der Waals surface area contributed by atoms with Crippen molar-refractivity contribution >= 4 is 23.3 Å². The standard InChI is InChI=1S/C11H16N4O2/c1-2-15(7-10(16)14-11(13)17)9-5-3-4-8(12)6-9/h3-6H,2,7,12H2,1H3,(H3,13,14,16,17). The van der Waals surface area contributed by atoms with Gasteiger partial charge in [-0.05, 0) is 25.1 Å². The summed E-state index contributed by atoms with van der Waals surface area (Å²) in [5.41, 5.74) is 12.0. The molecule has 1 aromatic carbocycles. The molecule has 0 aliphatic rings. The molecule has 3 amide bonds. The molecule has 0 saturated heterocycles. The lowest BCUT2D eigenvalue weighted by molar-refractivity contribution is -0.118. The van der Waals surface area contributed by atoms with Crippen LogP contribution >= 0.6 is 0 Å². The second-order valence-corrected chi connectivity index (χ2v) is 3.52. The molecule has 6 nitrogen and oxygen atoms in total. The molecule has 0 aliphatic carbocycles. The number of primary amides is 1. The van der Waals surface area contributed by atoms with Crippen molar-refractivity contribution in [2.75, 3.05) is 23.7 Å². The van der Waals surface area contributed by atoms with E-state index in [-0.39, 0.29) is 6.54 Å². The predicted molar refractivity (Wildman–Crippen MR) is 66.5 cm³/mol. The molecule has 6 heteroatoms. The molecule has 0 spiro atoms. The summed E-state index contributed by atoms with van der Waals surface area (Å²) < 4.78 is 0. The highest BCUT2D eigenvalue weighted by atomic mass is 16.2. The minimum Gasteiger partial charge on any atom is -0.399 e. The number of likely N-dealkylation sites (N-methyl/N-ethyl adjacent to an activating group) is 1. The van der Waals surface area contributed by atoms with Gasteiger partial charge in [-0.1, -0.05) is 6.07 Å². The van der Waals surface area contributed by atoms with Gasteiger partial charge in [-0.15, -0.1) is 0 Å². The van der Waals surface area contributed by atoms with Gasteiger partial charge >= 0.3 is 6.03 Å². The van der Waals surface area contributed by atoms with Crippen molar-refractivity contribution in [1.29, 1.82) is 0 Å². The monoisotopic (exact) mass is 236 g/mol. The Morgan fingerprint density at radius 1 is 1.41 bits per heavy atom. The van der Waals surface area contributed by atoms with Crippen LogP contribution < -0.4 is 21.7 Å². The maximum atomic E-state index is 11.4. The molecule has 1 aromatic rings. The summed E-state index contributed by atoms with van der Waals surface area (Å²) in [4.78, 5) is 23.7. The Morgan fingerprint density at radius 2 is 2.12 bits per heavy atom.